The summed E-state index contributed by atoms with van der Waals surface area (Å²) in [5.74, 6) is -0.289. The van der Waals surface area contributed by atoms with Crippen LogP contribution in [0.1, 0.15) is 219 Å². The van der Waals surface area contributed by atoms with Crippen LogP contribution in [0.4, 0.5) is 0 Å². The smallest absolute Gasteiger partial charge is 0.220 e. The van der Waals surface area contributed by atoms with Gasteiger partial charge >= 0.3 is 0 Å². The van der Waals surface area contributed by atoms with E-state index in [0.29, 0.717) is 6.42 Å². The molecule has 3 aliphatic heterocycles. The summed E-state index contributed by atoms with van der Waals surface area (Å²) in [6.07, 6.45) is 22.6. The van der Waals surface area contributed by atoms with E-state index >= 15 is 0 Å². The molecule has 0 aromatic rings. The monoisotopic (exact) mass is 1160 g/mol. The summed E-state index contributed by atoms with van der Waals surface area (Å²) in [5.41, 5.74) is 0. The maximum absolute atomic E-state index is 13.3. The number of aliphatic hydroxyl groups excluding tert-OH is 11. The third kappa shape index (κ3) is 28.8. The summed E-state index contributed by atoms with van der Waals surface area (Å²) in [6, 6.07) is -0.980. The fourth-order valence-electron chi connectivity index (χ4n) is 10.7. The largest absolute Gasteiger partial charge is 0.394 e. The minimum absolute atomic E-state index is 0.228. The van der Waals surface area contributed by atoms with Crippen LogP contribution < -0.4 is 5.32 Å². The molecule has 3 heterocycles. The zero-order valence-electron chi connectivity index (χ0n) is 49.5. The van der Waals surface area contributed by atoms with Gasteiger partial charge in [-0.2, -0.15) is 0 Å². The van der Waals surface area contributed by atoms with Crippen LogP contribution >= 0.6 is 0 Å². The maximum Gasteiger partial charge on any atom is 0.220 e. The van der Waals surface area contributed by atoms with Gasteiger partial charge in [0.15, 0.2) is 18.9 Å². The Morgan fingerprint density at radius 2 is 0.815 bits per heavy atom. The first-order valence-electron chi connectivity index (χ1n) is 31.7. The van der Waals surface area contributed by atoms with Gasteiger partial charge in [0.05, 0.1) is 38.6 Å². The van der Waals surface area contributed by atoms with Gasteiger partial charge in [0.1, 0.15) is 73.2 Å². The summed E-state index contributed by atoms with van der Waals surface area (Å²) in [4.78, 5) is 13.3. The van der Waals surface area contributed by atoms with Crippen LogP contribution in [-0.4, -0.2) is 193 Å². The number of nitrogens with one attached hydrogen (secondary N) is 1. The lowest BCUT2D eigenvalue weighted by Crippen LogP contribution is -2.66. The maximum atomic E-state index is 13.3. The van der Waals surface area contributed by atoms with Crippen molar-refractivity contribution in [2.24, 2.45) is 0 Å². The molecule has 19 nitrogen and oxygen atoms in total. The van der Waals surface area contributed by atoms with Crippen LogP contribution in [0.2, 0.25) is 0 Å². The first-order valence-corrected chi connectivity index (χ1v) is 31.7. The molecule has 0 saturated carbocycles. The van der Waals surface area contributed by atoms with Crippen molar-refractivity contribution in [3.8, 4) is 0 Å². The van der Waals surface area contributed by atoms with Crippen LogP contribution in [-0.2, 0) is 33.2 Å². The summed E-state index contributed by atoms with van der Waals surface area (Å²) in [5, 5.41) is 120. The lowest BCUT2D eigenvalue weighted by atomic mass is 9.96. The van der Waals surface area contributed by atoms with Crippen molar-refractivity contribution in [2.45, 2.75) is 324 Å². The van der Waals surface area contributed by atoms with Gasteiger partial charge in [-0.1, -0.05) is 198 Å². The van der Waals surface area contributed by atoms with Crippen molar-refractivity contribution in [2.75, 3.05) is 26.4 Å². The van der Waals surface area contributed by atoms with E-state index in [9.17, 15) is 61.0 Å². The first kappa shape index (κ1) is 73.3. The Labute approximate surface area is 485 Å². The van der Waals surface area contributed by atoms with Crippen molar-refractivity contribution >= 4 is 5.91 Å². The fourth-order valence-corrected chi connectivity index (χ4v) is 10.7. The average Bonchev–Trinajstić information content (AvgIpc) is 3.47. The molecule has 81 heavy (non-hydrogen) atoms. The highest BCUT2D eigenvalue weighted by Gasteiger charge is 2.53. The van der Waals surface area contributed by atoms with E-state index in [-0.39, 0.29) is 18.9 Å². The molecule has 19 heteroatoms. The lowest BCUT2D eigenvalue weighted by molar-refractivity contribution is -0.379. The van der Waals surface area contributed by atoms with Crippen molar-refractivity contribution in [1.82, 2.24) is 5.32 Å². The number of hydrogen-bond donors (Lipinski definition) is 12. The molecule has 0 aliphatic carbocycles. The fraction of sp³-hybridized carbons (Fsp3) is 0.887. The van der Waals surface area contributed by atoms with Gasteiger partial charge in [0.25, 0.3) is 0 Å². The van der Waals surface area contributed by atoms with Crippen LogP contribution in [0.15, 0.2) is 36.5 Å². The number of carbonyl (C=O) groups is 1. The topological polar surface area (TPSA) is 307 Å². The number of unbranched alkanes of at least 4 members (excludes halogenated alkanes) is 27. The third-order valence-electron chi connectivity index (χ3n) is 15.9. The predicted octanol–water partition coefficient (Wildman–Crippen LogP) is 6.49. The molecule has 0 spiro atoms. The summed E-state index contributed by atoms with van der Waals surface area (Å²) < 4.78 is 34.3. The van der Waals surface area contributed by atoms with Crippen LogP contribution in [0.3, 0.4) is 0 Å². The Hall–Kier alpha value is -1.99. The molecule has 1 amide bonds. The number of allylic oxidation sites excluding steroid dienone is 5. The Kier molecular flexibility index (Phi) is 41.0. The highest BCUT2D eigenvalue weighted by Crippen LogP contribution is 2.33. The average molecular weight is 1160 g/mol. The molecule has 0 aromatic carbocycles. The molecule has 0 aromatic heterocycles. The second kappa shape index (κ2) is 45.3. The van der Waals surface area contributed by atoms with Crippen molar-refractivity contribution in [3.05, 3.63) is 36.5 Å². The summed E-state index contributed by atoms with van der Waals surface area (Å²) in [7, 11) is 0. The van der Waals surface area contributed by atoms with Gasteiger partial charge in [-0.15, -0.1) is 0 Å². The molecule has 3 fully saturated rings. The van der Waals surface area contributed by atoms with Gasteiger partial charge in [0, 0.05) is 6.42 Å². The summed E-state index contributed by atoms with van der Waals surface area (Å²) in [6.45, 7) is 1.70. The van der Waals surface area contributed by atoms with E-state index < -0.39 is 124 Å². The molecular weight excluding hydrogens is 1050 g/mol. The van der Waals surface area contributed by atoms with Gasteiger partial charge in [-0.3, -0.25) is 4.79 Å². The highest BCUT2D eigenvalue weighted by molar-refractivity contribution is 5.76. The van der Waals surface area contributed by atoms with Crippen LogP contribution in [0.25, 0.3) is 0 Å². The van der Waals surface area contributed by atoms with Gasteiger partial charge in [0.2, 0.25) is 5.91 Å². The number of rotatable bonds is 47. The molecule has 3 aliphatic rings. The van der Waals surface area contributed by atoms with Crippen LogP contribution in [0, 0.1) is 0 Å². The number of aliphatic hydroxyl groups is 11. The normalized spacial score (nSPS) is 30.0. The van der Waals surface area contributed by atoms with Gasteiger partial charge in [-0.25, -0.2) is 0 Å². The van der Waals surface area contributed by atoms with E-state index in [0.717, 1.165) is 70.6 Å². The van der Waals surface area contributed by atoms with Gasteiger partial charge < -0.3 is 89.9 Å². The molecule has 0 bridgehead atoms. The number of carbonyl (C=O) groups excluding carboxylic acids is 1. The third-order valence-corrected chi connectivity index (χ3v) is 15.9. The SMILES string of the molecule is CCCCCC/C=C\C/C=C\CCCCCCCC(=O)NC(COC1OC(CO)C(OC2OC(CO)C(OC3OC(CO)C(O)C(O)C3O)C(O)C2O)C(O)C1O)C(O)/C=C/CCCCCCCCCCCCCCCCCCCC. The minimum Gasteiger partial charge on any atom is -0.394 e. The first-order chi connectivity index (χ1) is 39.3. The van der Waals surface area contributed by atoms with E-state index in [1.54, 1.807) is 6.08 Å². The van der Waals surface area contributed by atoms with Crippen molar-refractivity contribution < 1.29 is 89.4 Å². The Morgan fingerprint density at radius 1 is 0.444 bits per heavy atom. The molecular formula is C62H113NO18. The molecule has 0 radical (unpaired) electrons. The standard InChI is InChI=1S/C62H113NO18/c1-3-5-7-9-11-13-15-17-19-21-22-23-24-25-27-29-31-33-35-37-39-46(67)45(63-50(68)40-38-36-34-32-30-28-26-20-18-16-14-12-10-8-6-4-2)44-76-60-56(74)53(71)58(48(42-65)78-60)81-62-57(75)54(72)59(49(43-66)79-62)80-61-55(73)52(70)51(69)47(41-64)77-61/h14,16,20,26,37,39,45-49,51-62,64-67,69-75H,3-13,15,17-19,21-25,27-36,38,40-44H2,1-2H3,(H,63,68)/b16-14-,26-20-,39-37+. The van der Waals surface area contributed by atoms with Crippen LogP contribution in [0.5, 0.6) is 0 Å². The Balaban J connectivity index is 1.49. The molecule has 17 unspecified atom stereocenters. The van der Waals surface area contributed by atoms with E-state index in [1.165, 1.54) is 122 Å². The Morgan fingerprint density at radius 3 is 1.27 bits per heavy atom. The van der Waals surface area contributed by atoms with E-state index in [2.05, 4.69) is 43.5 Å². The molecule has 3 saturated heterocycles. The van der Waals surface area contributed by atoms with Crippen molar-refractivity contribution in [3.63, 3.8) is 0 Å². The highest BCUT2D eigenvalue weighted by atomic mass is 16.8. The zero-order chi connectivity index (χ0) is 59.0. The molecule has 474 valence electrons. The Bertz CT molecular complexity index is 1620. The predicted molar refractivity (Wildman–Crippen MR) is 309 cm³/mol. The lowest BCUT2D eigenvalue weighted by Gasteiger charge is -2.48. The summed E-state index contributed by atoms with van der Waals surface area (Å²) >= 11 is 0. The second-order valence-electron chi connectivity index (χ2n) is 22.9. The van der Waals surface area contributed by atoms with E-state index in [4.69, 9.17) is 28.4 Å². The molecule has 12 N–H and O–H groups in total. The quantitative estimate of drug-likeness (QED) is 0.0229. The zero-order valence-corrected chi connectivity index (χ0v) is 49.5. The number of ether oxygens (including phenoxy) is 6. The van der Waals surface area contributed by atoms with Crippen molar-refractivity contribution in [1.29, 1.82) is 0 Å². The number of hydrogen-bond acceptors (Lipinski definition) is 18. The van der Waals surface area contributed by atoms with Gasteiger partial charge in [-0.05, 0) is 51.4 Å². The molecule has 17 atom stereocenters. The minimum atomic E-state index is -1.98. The van der Waals surface area contributed by atoms with E-state index in [1.807, 2.05) is 6.08 Å². The second-order valence-corrected chi connectivity index (χ2v) is 22.9. The molecule has 3 rings (SSSR count). The number of amides is 1.